The number of halogens is 2. The van der Waals surface area contributed by atoms with E-state index < -0.39 is 0 Å². The molecule has 1 aliphatic rings. The van der Waals surface area contributed by atoms with Crippen molar-refractivity contribution in [3.8, 4) is 0 Å². The van der Waals surface area contributed by atoms with Crippen molar-refractivity contribution in [2.45, 2.75) is 25.4 Å². The fourth-order valence-electron chi connectivity index (χ4n) is 2.19. The van der Waals surface area contributed by atoms with Crippen LogP contribution in [0.5, 0.6) is 0 Å². The Labute approximate surface area is 109 Å². The molecule has 0 unspecified atom stereocenters. The fourth-order valence-corrected chi connectivity index (χ4v) is 2.76. The molecule has 1 aromatic carbocycles. The Morgan fingerprint density at radius 1 is 1.50 bits per heavy atom. The van der Waals surface area contributed by atoms with Crippen LogP contribution in [-0.2, 0) is 6.54 Å². The lowest BCUT2D eigenvalue weighted by Crippen LogP contribution is -2.31. The minimum atomic E-state index is 0.248. The molecule has 0 bridgehead atoms. The molecule has 1 aliphatic heterocycles. The van der Waals surface area contributed by atoms with Gasteiger partial charge in [0.25, 0.3) is 0 Å². The molecular formula is C12H15BrClNO. The van der Waals surface area contributed by atoms with E-state index in [1.807, 2.05) is 18.2 Å². The molecule has 2 nitrogen and oxygen atoms in total. The maximum absolute atomic E-state index is 9.26. The summed E-state index contributed by atoms with van der Waals surface area (Å²) in [6, 6.07) is 6.15. The number of aliphatic hydroxyl groups excluding tert-OH is 1. The van der Waals surface area contributed by atoms with Gasteiger partial charge in [-0.05, 0) is 43.1 Å². The predicted octanol–water partition coefficient (Wildman–Crippen LogP) is 3.06. The van der Waals surface area contributed by atoms with Gasteiger partial charge in [-0.2, -0.15) is 0 Å². The van der Waals surface area contributed by atoms with Gasteiger partial charge in [0.1, 0.15) is 0 Å². The maximum atomic E-state index is 9.26. The summed E-state index contributed by atoms with van der Waals surface area (Å²) in [5.41, 5.74) is 1.19. The summed E-state index contributed by atoms with van der Waals surface area (Å²) in [6.45, 7) is 2.16. The van der Waals surface area contributed by atoms with Gasteiger partial charge in [0, 0.05) is 22.1 Å². The molecule has 0 aromatic heterocycles. The van der Waals surface area contributed by atoms with Crippen molar-refractivity contribution >= 4 is 27.5 Å². The molecule has 0 radical (unpaired) electrons. The molecule has 1 saturated heterocycles. The van der Waals surface area contributed by atoms with Crippen LogP contribution in [0.1, 0.15) is 18.4 Å². The second-order valence-corrected chi connectivity index (χ2v) is 5.48. The number of hydrogen-bond acceptors (Lipinski definition) is 2. The van der Waals surface area contributed by atoms with Crippen LogP contribution in [0.4, 0.5) is 0 Å². The first-order valence-corrected chi connectivity index (χ1v) is 6.66. The van der Waals surface area contributed by atoms with Gasteiger partial charge in [-0.1, -0.05) is 27.5 Å². The summed E-state index contributed by atoms with van der Waals surface area (Å²) < 4.78 is 1.08. The molecule has 0 saturated carbocycles. The van der Waals surface area contributed by atoms with Gasteiger partial charge >= 0.3 is 0 Å². The molecule has 1 heterocycles. The molecule has 2 rings (SSSR count). The standard InChI is InChI=1S/C12H15BrClNO/c13-12-4-3-10(14)6-9(12)7-15-5-1-2-11(15)8-16/h3-4,6,11,16H,1-2,5,7-8H2/t11-/m0/s1. The van der Waals surface area contributed by atoms with Gasteiger partial charge in [-0.3, -0.25) is 4.90 Å². The molecule has 0 spiro atoms. The zero-order valence-corrected chi connectivity index (χ0v) is 11.3. The Hall–Kier alpha value is -0.0900. The summed E-state index contributed by atoms with van der Waals surface area (Å²) in [6.07, 6.45) is 2.26. The summed E-state index contributed by atoms with van der Waals surface area (Å²) in [5.74, 6) is 0. The van der Waals surface area contributed by atoms with Crippen LogP contribution in [0.15, 0.2) is 22.7 Å². The molecule has 88 valence electrons. The lowest BCUT2D eigenvalue weighted by atomic mass is 10.2. The Balaban J connectivity index is 2.11. The molecular weight excluding hydrogens is 289 g/mol. The van der Waals surface area contributed by atoms with Gasteiger partial charge in [0.05, 0.1) is 6.61 Å². The lowest BCUT2D eigenvalue weighted by molar-refractivity contribution is 0.153. The van der Waals surface area contributed by atoms with Crippen molar-refractivity contribution in [3.05, 3.63) is 33.3 Å². The van der Waals surface area contributed by atoms with Gasteiger partial charge < -0.3 is 5.11 Å². The van der Waals surface area contributed by atoms with Crippen LogP contribution >= 0.6 is 27.5 Å². The predicted molar refractivity (Wildman–Crippen MR) is 69.7 cm³/mol. The summed E-state index contributed by atoms with van der Waals surface area (Å²) in [7, 11) is 0. The number of nitrogens with zero attached hydrogens (tertiary/aromatic N) is 1. The topological polar surface area (TPSA) is 23.5 Å². The highest BCUT2D eigenvalue weighted by Gasteiger charge is 2.24. The third-order valence-corrected chi connectivity index (χ3v) is 4.10. The number of rotatable bonds is 3. The highest BCUT2D eigenvalue weighted by atomic mass is 79.9. The fraction of sp³-hybridized carbons (Fsp3) is 0.500. The van der Waals surface area contributed by atoms with E-state index in [-0.39, 0.29) is 6.61 Å². The Morgan fingerprint density at radius 3 is 3.06 bits per heavy atom. The number of benzene rings is 1. The smallest absolute Gasteiger partial charge is 0.0587 e. The third-order valence-electron chi connectivity index (χ3n) is 3.09. The second kappa shape index (κ2) is 5.50. The first-order valence-electron chi connectivity index (χ1n) is 5.49. The molecule has 1 fully saturated rings. The quantitative estimate of drug-likeness (QED) is 0.928. The van der Waals surface area contributed by atoms with Gasteiger partial charge in [-0.15, -0.1) is 0 Å². The number of likely N-dealkylation sites (tertiary alicyclic amines) is 1. The maximum Gasteiger partial charge on any atom is 0.0587 e. The van der Waals surface area contributed by atoms with E-state index in [4.69, 9.17) is 11.6 Å². The Morgan fingerprint density at radius 2 is 2.31 bits per heavy atom. The van der Waals surface area contributed by atoms with E-state index >= 15 is 0 Å². The average molecular weight is 305 g/mol. The number of hydrogen-bond donors (Lipinski definition) is 1. The first kappa shape index (κ1) is 12.4. The minimum Gasteiger partial charge on any atom is -0.395 e. The molecule has 1 N–H and O–H groups in total. The molecule has 0 aliphatic carbocycles. The summed E-state index contributed by atoms with van der Waals surface area (Å²) in [5, 5.41) is 10.0. The summed E-state index contributed by atoms with van der Waals surface area (Å²) >= 11 is 9.52. The highest BCUT2D eigenvalue weighted by molar-refractivity contribution is 9.10. The zero-order chi connectivity index (χ0) is 11.5. The van der Waals surface area contributed by atoms with E-state index in [0.29, 0.717) is 6.04 Å². The lowest BCUT2D eigenvalue weighted by Gasteiger charge is -2.23. The summed E-state index contributed by atoms with van der Waals surface area (Å²) in [4.78, 5) is 2.32. The third kappa shape index (κ3) is 2.77. The van der Waals surface area contributed by atoms with Crippen molar-refractivity contribution in [2.75, 3.05) is 13.2 Å². The first-order chi connectivity index (χ1) is 7.70. The highest BCUT2D eigenvalue weighted by Crippen LogP contribution is 2.26. The second-order valence-electron chi connectivity index (χ2n) is 4.18. The van der Waals surface area contributed by atoms with Crippen molar-refractivity contribution in [1.29, 1.82) is 0 Å². The molecule has 0 amide bonds. The average Bonchev–Trinajstić information content (AvgIpc) is 2.71. The van der Waals surface area contributed by atoms with Gasteiger partial charge in [-0.25, -0.2) is 0 Å². The SMILES string of the molecule is OC[C@@H]1CCCN1Cc1cc(Cl)ccc1Br. The Bertz CT molecular complexity index is 372. The van der Waals surface area contributed by atoms with Crippen LogP contribution in [0, 0.1) is 0 Å². The zero-order valence-electron chi connectivity index (χ0n) is 9.00. The van der Waals surface area contributed by atoms with Crippen molar-refractivity contribution < 1.29 is 5.11 Å². The molecule has 4 heteroatoms. The van der Waals surface area contributed by atoms with E-state index in [9.17, 15) is 5.11 Å². The monoisotopic (exact) mass is 303 g/mol. The minimum absolute atomic E-state index is 0.248. The van der Waals surface area contributed by atoms with Gasteiger partial charge in [0.15, 0.2) is 0 Å². The molecule has 1 aromatic rings. The van der Waals surface area contributed by atoms with Crippen LogP contribution < -0.4 is 0 Å². The van der Waals surface area contributed by atoms with E-state index in [0.717, 1.165) is 29.0 Å². The van der Waals surface area contributed by atoms with E-state index in [1.54, 1.807) is 0 Å². The van der Waals surface area contributed by atoms with Crippen molar-refractivity contribution in [1.82, 2.24) is 4.90 Å². The van der Waals surface area contributed by atoms with Crippen LogP contribution in [-0.4, -0.2) is 29.2 Å². The Kier molecular flexibility index (Phi) is 4.25. The van der Waals surface area contributed by atoms with Crippen molar-refractivity contribution in [2.24, 2.45) is 0 Å². The van der Waals surface area contributed by atoms with Crippen molar-refractivity contribution in [3.63, 3.8) is 0 Å². The number of aliphatic hydroxyl groups is 1. The van der Waals surface area contributed by atoms with Crippen LogP contribution in [0.2, 0.25) is 5.02 Å². The normalized spacial score (nSPS) is 21.6. The molecule has 16 heavy (non-hydrogen) atoms. The van der Waals surface area contributed by atoms with E-state index in [1.165, 1.54) is 12.0 Å². The van der Waals surface area contributed by atoms with Gasteiger partial charge in [0.2, 0.25) is 0 Å². The molecule has 1 atom stereocenters. The largest absolute Gasteiger partial charge is 0.395 e. The van der Waals surface area contributed by atoms with E-state index in [2.05, 4.69) is 20.8 Å². The van der Waals surface area contributed by atoms with Crippen LogP contribution in [0.3, 0.4) is 0 Å². The van der Waals surface area contributed by atoms with Crippen LogP contribution in [0.25, 0.3) is 0 Å².